The lowest BCUT2D eigenvalue weighted by Gasteiger charge is -2.20. The quantitative estimate of drug-likeness (QED) is 0.368. The van der Waals surface area contributed by atoms with Crippen LogP contribution < -0.4 is 0 Å². The summed E-state index contributed by atoms with van der Waals surface area (Å²) in [5, 5.41) is 2.68. The first-order valence-corrected chi connectivity index (χ1v) is 10.5. The first-order valence-electron chi connectivity index (χ1n) is 10.5. The average Bonchev–Trinajstić information content (AvgIpc) is 3.57. The molecule has 0 aliphatic heterocycles. The van der Waals surface area contributed by atoms with E-state index in [0.29, 0.717) is 0 Å². The van der Waals surface area contributed by atoms with Gasteiger partial charge in [0.1, 0.15) is 0 Å². The van der Waals surface area contributed by atoms with Crippen LogP contribution in [0.2, 0.25) is 0 Å². The fraction of sp³-hybridized carbons (Fsp3) is 0.214. The van der Waals surface area contributed by atoms with E-state index in [-0.39, 0.29) is 5.41 Å². The van der Waals surface area contributed by atoms with Crippen LogP contribution in [0.5, 0.6) is 0 Å². The minimum atomic E-state index is 0.259. The molecule has 4 aromatic carbocycles. The molecule has 1 saturated carbocycles. The van der Waals surface area contributed by atoms with Gasteiger partial charge in [-0.25, -0.2) is 0 Å². The van der Waals surface area contributed by atoms with Crippen LogP contribution in [0.1, 0.15) is 35.1 Å². The summed E-state index contributed by atoms with van der Waals surface area (Å²) < 4.78 is 0. The molecular formula is C28H27N. The Kier molecular flexibility index (Phi) is 4.69. The van der Waals surface area contributed by atoms with Gasteiger partial charge in [0.05, 0.1) is 0 Å². The summed E-state index contributed by atoms with van der Waals surface area (Å²) in [7, 11) is 2.21. The van der Waals surface area contributed by atoms with E-state index >= 15 is 0 Å². The zero-order chi connectivity index (χ0) is 19.7. The number of rotatable bonds is 6. The molecule has 0 amide bonds. The maximum Gasteiger partial charge on any atom is 0.0240 e. The van der Waals surface area contributed by atoms with Gasteiger partial charge in [0.2, 0.25) is 0 Å². The van der Waals surface area contributed by atoms with Crippen molar-refractivity contribution in [1.82, 2.24) is 4.90 Å². The first kappa shape index (κ1) is 18.1. The molecular weight excluding hydrogens is 350 g/mol. The molecule has 0 aromatic heterocycles. The van der Waals surface area contributed by atoms with E-state index < -0.39 is 0 Å². The van der Waals surface area contributed by atoms with Crippen molar-refractivity contribution in [1.29, 1.82) is 0 Å². The molecule has 0 heterocycles. The summed E-state index contributed by atoms with van der Waals surface area (Å²) in [4.78, 5) is 2.40. The lowest BCUT2D eigenvalue weighted by Crippen LogP contribution is -2.17. The molecule has 1 aliphatic carbocycles. The molecule has 0 N–H and O–H groups in total. The molecule has 1 fully saturated rings. The summed E-state index contributed by atoms with van der Waals surface area (Å²) in [6.45, 7) is 1.92. The average molecular weight is 378 g/mol. The standard InChI is InChI=1S/C28H27N/c1-29(21-24-10-7-9-23-8-5-6-13-27(23)24)20-22-14-16-26(17-15-22)28(18-19-28)25-11-3-2-4-12-25/h2-17H,18-21H2,1H3. The maximum atomic E-state index is 2.40. The molecule has 4 aromatic rings. The van der Waals surface area contributed by atoms with E-state index in [9.17, 15) is 0 Å². The van der Waals surface area contributed by atoms with E-state index in [1.54, 1.807) is 0 Å². The van der Waals surface area contributed by atoms with Crippen molar-refractivity contribution in [2.24, 2.45) is 0 Å². The van der Waals surface area contributed by atoms with Crippen molar-refractivity contribution >= 4 is 10.8 Å². The molecule has 0 atom stereocenters. The fourth-order valence-electron chi connectivity index (χ4n) is 4.64. The lowest BCUT2D eigenvalue weighted by atomic mass is 9.87. The molecule has 144 valence electrons. The van der Waals surface area contributed by atoms with Crippen LogP contribution in [0.15, 0.2) is 97.1 Å². The molecule has 1 heteroatoms. The summed E-state index contributed by atoms with van der Waals surface area (Å²) in [6, 6.07) is 35.6. The Morgan fingerprint density at radius 3 is 2.07 bits per heavy atom. The SMILES string of the molecule is CN(Cc1ccc(C2(c3ccccc3)CC2)cc1)Cc1cccc2ccccc12. The minimum Gasteiger partial charge on any atom is -0.298 e. The monoisotopic (exact) mass is 377 g/mol. The highest BCUT2D eigenvalue weighted by molar-refractivity contribution is 5.85. The van der Waals surface area contributed by atoms with E-state index in [1.165, 1.54) is 45.9 Å². The number of fused-ring (bicyclic) bond motifs is 1. The second-order valence-electron chi connectivity index (χ2n) is 8.46. The zero-order valence-corrected chi connectivity index (χ0v) is 17.0. The van der Waals surface area contributed by atoms with Gasteiger partial charge in [0, 0.05) is 18.5 Å². The predicted molar refractivity (Wildman–Crippen MR) is 122 cm³/mol. The predicted octanol–water partition coefficient (Wildman–Crippen LogP) is 6.55. The van der Waals surface area contributed by atoms with Gasteiger partial charge in [-0.15, -0.1) is 0 Å². The summed E-state index contributed by atoms with van der Waals surface area (Å²) in [5.74, 6) is 0. The second-order valence-corrected chi connectivity index (χ2v) is 8.46. The van der Waals surface area contributed by atoms with Crippen LogP contribution >= 0.6 is 0 Å². The van der Waals surface area contributed by atoms with Crippen molar-refractivity contribution in [3.05, 3.63) is 119 Å². The third kappa shape index (κ3) is 3.59. The molecule has 0 saturated heterocycles. The van der Waals surface area contributed by atoms with E-state index in [0.717, 1.165) is 13.1 Å². The molecule has 0 bridgehead atoms. The van der Waals surface area contributed by atoms with E-state index in [2.05, 4.69) is 109 Å². The Morgan fingerprint density at radius 1 is 0.655 bits per heavy atom. The highest BCUT2D eigenvalue weighted by Crippen LogP contribution is 2.53. The van der Waals surface area contributed by atoms with Crippen LogP contribution in [0, 0.1) is 0 Å². The van der Waals surface area contributed by atoms with Crippen LogP contribution in [-0.4, -0.2) is 11.9 Å². The summed E-state index contributed by atoms with van der Waals surface area (Å²) >= 11 is 0. The van der Waals surface area contributed by atoms with Gasteiger partial charge in [0.15, 0.2) is 0 Å². The van der Waals surface area contributed by atoms with Crippen molar-refractivity contribution in [2.45, 2.75) is 31.3 Å². The van der Waals surface area contributed by atoms with Crippen LogP contribution in [0.3, 0.4) is 0 Å². The normalized spacial score (nSPS) is 15.0. The summed E-state index contributed by atoms with van der Waals surface area (Å²) in [5.41, 5.74) is 5.95. The van der Waals surface area contributed by atoms with Gasteiger partial charge in [-0.3, -0.25) is 4.90 Å². The molecule has 0 radical (unpaired) electrons. The Bertz CT molecular complexity index is 1100. The smallest absolute Gasteiger partial charge is 0.0240 e. The lowest BCUT2D eigenvalue weighted by molar-refractivity contribution is 0.320. The minimum absolute atomic E-state index is 0.259. The van der Waals surface area contributed by atoms with Gasteiger partial charge in [-0.1, -0.05) is 97.1 Å². The van der Waals surface area contributed by atoms with Crippen LogP contribution in [-0.2, 0) is 18.5 Å². The maximum absolute atomic E-state index is 2.40. The topological polar surface area (TPSA) is 3.24 Å². The third-order valence-electron chi connectivity index (χ3n) is 6.36. The van der Waals surface area contributed by atoms with Gasteiger partial charge >= 0.3 is 0 Å². The number of nitrogens with zero attached hydrogens (tertiary/aromatic N) is 1. The van der Waals surface area contributed by atoms with Gasteiger partial charge in [-0.2, -0.15) is 0 Å². The Labute approximate surface area is 173 Å². The third-order valence-corrected chi connectivity index (χ3v) is 6.36. The van der Waals surface area contributed by atoms with E-state index in [4.69, 9.17) is 0 Å². The Morgan fingerprint density at radius 2 is 1.31 bits per heavy atom. The van der Waals surface area contributed by atoms with Crippen LogP contribution in [0.25, 0.3) is 10.8 Å². The second kappa shape index (κ2) is 7.50. The number of hydrogen-bond donors (Lipinski definition) is 0. The molecule has 29 heavy (non-hydrogen) atoms. The van der Waals surface area contributed by atoms with Crippen molar-refractivity contribution in [2.75, 3.05) is 7.05 Å². The molecule has 0 unspecified atom stereocenters. The highest BCUT2D eigenvalue weighted by atomic mass is 15.1. The molecule has 1 nitrogen and oxygen atoms in total. The van der Waals surface area contributed by atoms with Gasteiger partial charge < -0.3 is 0 Å². The van der Waals surface area contributed by atoms with Crippen molar-refractivity contribution in [3.63, 3.8) is 0 Å². The Hall–Kier alpha value is -2.90. The zero-order valence-electron chi connectivity index (χ0n) is 17.0. The van der Waals surface area contributed by atoms with Gasteiger partial charge in [-0.05, 0) is 52.9 Å². The number of benzene rings is 4. The highest BCUT2D eigenvalue weighted by Gasteiger charge is 2.45. The Balaban J connectivity index is 1.30. The largest absolute Gasteiger partial charge is 0.298 e. The molecule has 5 rings (SSSR count). The van der Waals surface area contributed by atoms with Crippen molar-refractivity contribution < 1.29 is 0 Å². The number of hydrogen-bond acceptors (Lipinski definition) is 1. The van der Waals surface area contributed by atoms with Crippen molar-refractivity contribution in [3.8, 4) is 0 Å². The fourth-order valence-corrected chi connectivity index (χ4v) is 4.64. The van der Waals surface area contributed by atoms with Crippen LogP contribution in [0.4, 0.5) is 0 Å². The summed E-state index contributed by atoms with van der Waals surface area (Å²) in [6.07, 6.45) is 2.52. The molecule has 0 spiro atoms. The van der Waals surface area contributed by atoms with E-state index in [1.807, 2.05) is 0 Å². The molecule has 1 aliphatic rings. The van der Waals surface area contributed by atoms with Gasteiger partial charge in [0.25, 0.3) is 0 Å². The first-order chi connectivity index (χ1) is 14.2.